The van der Waals surface area contributed by atoms with E-state index in [0.717, 1.165) is 5.92 Å². The van der Waals surface area contributed by atoms with Gasteiger partial charge in [-0.25, -0.2) is 0 Å². The van der Waals surface area contributed by atoms with Gasteiger partial charge in [-0.3, -0.25) is 0 Å². The molecule has 1 atom stereocenters. The highest BCUT2D eigenvalue weighted by atomic mass is 14.1. The summed E-state index contributed by atoms with van der Waals surface area (Å²) >= 11 is 0. The molecule has 0 spiro atoms. The van der Waals surface area contributed by atoms with E-state index >= 15 is 0 Å². The summed E-state index contributed by atoms with van der Waals surface area (Å²) in [6.07, 6.45) is 29.3. The lowest BCUT2D eigenvalue weighted by Gasteiger charge is -2.14. The van der Waals surface area contributed by atoms with Crippen molar-refractivity contribution >= 4 is 0 Å². The maximum absolute atomic E-state index is 3.80. The van der Waals surface area contributed by atoms with Gasteiger partial charge in [-0.15, -0.1) is 6.58 Å². The molecule has 144 valence electrons. The second-order valence-corrected chi connectivity index (χ2v) is 7.88. The summed E-state index contributed by atoms with van der Waals surface area (Å²) in [5.41, 5.74) is 0. The number of hydrogen-bond donors (Lipinski definition) is 0. The van der Waals surface area contributed by atoms with Gasteiger partial charge in [0.2, 0.25) is 0 Å². The summed E-state index contributed by atoms with van der Waals surface area (Å²) in [5.74, 6) is 1.01. The molecule has 1 unspecified atom stereocenters. The summed E-state index contributed by atoms with van der Waals surface area (Å²) in [5, 5.41) is 0. The average molecular weight is 337 g/mol. The van der Waals surface area contributed by atoms with E-state index in [1.54, 1.807) is 0 Å². The Bertz CT molecular complexity index is 230. The highest BCUT2D eigenvalue weighted by molar-refractivity contribution is 4.65. The normalized spacial score (nSPS) is 12.4. The van der Waals surface area contributed by atoms with Crippen LogP contribution < -0.4 is 0 Å². The molecule has 0 fully saturated rings. The zero-order valence-corrected chi connectivity index (χ0v) is 17.3. The van der Waals surface area contributed by atoms with Crippen molar-refractivity contribution in [2.45, 2.75) is 136 Å². The van der Waals surface area contributed by atoms with Gasteiger partial charge >= 0.3 is 0 Å². The van der Waals surface area contributed by atoms with Crippen LogP contribution in [-0.4, -0.2) is 0 Å². The van der Waals surface area contributed by atoms with Gasteiger partial charge in [0.1, 0.15) is 0 Å². The molecule has 0 aliphatic heterocycles. The molecule has 0 amide bonds. The van der Waals surface area contributed by atoms with E-state index in [4.69, 9.17) is 0 Å². The smallest absolute Gasteiger partial charge is 0.0353 e. The lowest BCUT2D eigenvalue weighted by Crippen LogP contribution is -1.99. The molecule has 24 heavy (non-hydrogen) atoms. The minimum absolute atomic E-state index is 1.01. The van der Waals surface area contributed by atoms with Crippen LogP contribution in [0.15, 0.2) is 12.7 Å². The topological polar surface area (TPSA) is 0 Å². The zero-order valence-electron chi connectivity index (χ0n) is 17.3. The molecule has 0 heteroatoms. The number of hydrogen-bond acceptors (Lipinski definition) is 0. The Morgan fingerprint density at radius 2 is 1.00 bits per heavy atom. The van der Waals surface area contributed by atoms with Crippen molar-refractivity contribution in [3.05, 3.63) is 12.7 Å². The fourth-order valence-electron chi connectivity index (χ4n) is 3.73. The third-order valence-corrected chi connectivity index (χ3v) is 5.56. The second-order valence-electron chi connectivity index (χ2n) is 7.88. The van der Waals surface area contributed by atoms with E-state index < -0.39 is 0 Å². The number of unbranched alkanes of at least 4 members (excludes halogenated alkanes) is 14. The molecule has 0 aromatic rings. The maximum atomic E-state index is 3.80. The van der Waals surface area contributed by atoms with Gasteiger partial charge in [0.05, 0.1) is 0 Å². The second kappa shape index (κ2) is 20.8. The third kappa shape index (κ3) is 18.1. The largest absolute Gasteiger partial charge is 0.103 e. The Labute approximate surface area is 154 Å². The Morgan fingerprint density at radius 3 is 1.42 bits per heavy atom. The predicted molar refractivity (Wildman–Crippen MR) is 113 cm³/mol. The monoisotopic (exact) mass is 336 g/mol. The Kier molecular flexibility index (Phi) is 20.6. The molecule has 0 aromatic heterocycles. The molecule has 0 saturated heterocycles. The molecule has 0 aliphatic rings. The molecule has 0 bridgehead atoms. The van der Waals surface area contributed by atoms with Crippen LogP contribution in [0.25, 0.3) is 0 Å². The van der Waals surface area contributed by atoms with Crippen molar-refractivity contribution in [2.75, 3.05) is 0 Å². The van der Waals surface area contributed by atoms with Gasteiger partial charge in [0.25, 0.3) is 0 Å². The molecule has 0 radical (unpaired) electrons. The van der Waals surface area contributed by atoms with Gasteiger partial charge in [0.15, 0.2) is 0 Å². The molecular formula is C24H48. The third-order valence-electron chi connectivity index (χ3n) is 5.56. The van der Waals surface area contributed by atoms with Crippen LogP contribution >= 0.6 is 0 Å². The molecule has 0 aromatic carbocycles. The van der Waals surface area contributed by atoms with Crippen molar-refractivity contribution in [3.63, 3.8) is 0 Å². The van der Waals surface area contributed by atoms with Gasteiger partial charge in [-0.05, 0) is 18.8 Å². The summed E-state index contributed by atoms with van der Waals surface area (Å²) in [6.45, 7) is 8.49. The Balaban J connectivity index is 3.29. The Morgan fingerprint density at radius 1 is 0.583 bits per heavy atom. The highest BCUT2D eigenvalue weighted by Gasteiger charge is 2.05. The number of rotatable bonds is 20. The van der Waals surface area contributed by atoms with Crippen LogP contribution in [0.5, 0.6) is 0 Å². The molecule has 0 heterocycles. The quantitative estimate of drug-likeness (QED) is 0.153. The first-order chi connectivity index (χ1) is 11.8. The lowest BCUT2D eigenvalue weighted by atomic mass is 9.92. The van der Waals surface area contributed by atoms with Gasteiger partial charge < -0.3 is 0 Å². The van der Waals surface area contributed by atoms with Crippen LogP contribution in [0.2, 0.25) is 0 Å². The minimum atomic E-state index is 1.01. The van der Waals surface area contributed by atoms with Crippen LogP contribution in [0.4, 0.5) is 0 Å². The van der Waals surface area contributed by atoms with E-state index in [9.17, 15) is 0 Å². The van der Waals surface area contributed by atoms with E-state index in [-0.39, 0.29) is 0 Å². The van der Waals surface area contributed by atoms with Gasteiger partial charge in [-0.1, -0.05) is 129 Å². The number of allylic oxidation sites excluding steroid dienone is 1. The van der Waals surface area contributed by atoms with Crippen LogP contribution in [-0.2, 0) is 0 Å². The SMILES string of the molecule is C=CCCCCCCCC(CC)CCCCCCCCCCCC. The van der Waals surface area contributed by atoms with Crippen LogP contribution in [0.3, 0.4) is 0 Å². The fraction of sp³-hybridized carbons (Fsp3) is 0.917. The van der Waals surface area contributed by atoms with Gasteiger partial charge in [-0.2, -0.15) is 0 Å². The minimum Gasteiger partial charge on any atom is -0.103 e. The summed E-state index contributed by atoms with van der Waals surface area (Å²) in [7, 11) is 0. The lowest BCUT2D eigenvalue weighted by molar-refractivity contribution is 0.392. The Hall–Kier alpha value is -0.260. The first kappa shape index (κ1) is 23.7. The van der Waals surface area contributed by atoms with Crippen LogP contribution in [0, 0.1) is 5.92 Å². The summed E-state index contributed by atoms with van der Waals surface area (Å²) < 4.78 is 0. The highest BCUT2D eigenvalue weighted by Crippen LogP contribution is 2.21. The predicted octanol–water partition coefficient (Wildman–Crippen LogP) is 9.24. The summed E-state index contributed by atoms with van der Waals surface area (Å²) in [6, 6.07) is 0. The van der Waals surface area contributed by atoms with E-state index in [1.165, 1.54) is 122 Å². The van der Waals surface area contributed by atoms with Crippen molar-refractivity contribution in [1.82, 2.24) is 0 Å². The first-order valence-corrected chi connectivity index (χ1v) is 11.5. The molecule has 0 saturated carbocycles. The van der Waals surface area contributed by atoms with E-state index in [0.29, 0.717) is 0 Å². The first-order valence-electron chi connectivity index (χ1n) is 11.5. The summed E-state index contributed by atoms with van der Waals surface area (Å²) in [4.78, 5) is 0. The van der Waals surface area contributed by atoms with Crippen LogP contribution in [0.1, 0.15) is 136 Å². The van der Waals surface area contributed by atoms with Crippen molar-refractivity contribution < 1.29 is 0 Å². The van der Waals surface area contributed by atoms with E-state index in [1.807, 2.05) is 0 Å². The molecule has 0 aliphatic carbocycles. The fourth-order valence-corrected chi connectivity index (χ4v) is 3.73. The molecule has 0 N–H and O–H groups in total. The molecule has 0 nitrogen and oxygen atoms in total. The average Bonchev–Trinajstić information content (AvgIpc) is 2.60. The maximum Gasteiger partial charge on any atom is -0.0353 e. The molecular weight excluding hydrogens is 288 g/mol. The van der Waals surface area contributed by atoms with Crippen molar-refractivity contribution in [1.29, 1.82) is 0 Å². The van der Waals surface area contributed by atoms with Crippen molar-refractivity contribution in [3.8, 4) is 0 Å². The van der Waals surface area contributed by atoms with E-state index in [2.05, 4.69) is 26.5 Å². The van der Waals surface area contributed by atoms with Crippen molar-refractivity contribution in [2.24, 2.45) is 5.92 Å². The zero-order chi connectivity index (χ0) is 17.7. The molecule has 0 rings (SSSR count). The standard InChI is InChI=1S/C24H48/c1-4-7-9-11-13-14-15-17-19-21-23-24(6-3)22-20-18-16-12-10-8-5-2/h5,24H,2,4,6-23H2,1,3H3. The van der Waals surface area contributed by atoms with Gasteiger partial charge in [0, 0.05) is 0 Å².